The molecule has 0 aliphatic carbocycles. The largest absolute Gasteiger partial charge is 0.456 e. The van der Waals surface area contributed by atoms with Crippen molar-refractivity contribution in [3.63, 3.8) is 0 Å². The van der Waals surface area contributed by atoms with Crippen LogP contribution in [0.3, 0.4) is 0 Å². The van der Waals surface area contributed by atoms with Crippen LogP contribution in [0.1, 0.15) is 0 Å². The zero-order valence-electron chi connectivity index (χ0n) is 61.3. The molecule has 0 aliphatic heterocycles. The van der Waals surface area contributed by atoms with Crippen LogP contribution in [0.5, 0.6) is 0 Å². The molecule has 0 fully saturated rings. The van der Waals surface area contributed by atoms with Gasteiger partial charge in [0.2, 0.25) is 0 Å². The van der Waals surface area contributed by atoms with Crippen molar-refractivity contribution in [2.24, 2.45) is 0 Å². The Labute approximate surface area is 652 Å². The van der Waals surface area contributed by atoms with E-state index in [9.17, 15) is 0 Å². The summed E-state index contributed by atoms with van der Waals surface area (Å²) in [4.78, 5) is 21.5. The van der Waals surface area contributed by atoms with Gasteiger partial charge >= 0.3 is 0 Å². The van der Waals surface area contributed by atoms with Gasteiger partial charge in [0.05, 0.1) is 61.1 Å². The van der Waals surface area contributed by atoms with E-state index in [1.807, 2.05) is 36.4 Å². The number of para-hydroxylation sites is 9. The first-order valence-electron chi connectivity index (χ1n) is 38.5. The minimum Gasteiger partial charge on any atom is -0.456 e. The summed E-state index contributed by atoms with van der Waals surface area (Å²) in [6, 6.07) is 137. The Morgan fingerprint density at radius 2 is 0.553 bits per heavy atom. The molecule has 0 saturated heterocycles. The molecule has 10 heteroatoms. The Balaban J connectivity index is 0.000000135. The van der Waals surface area contributed by atoms with Gasteiger partial charge in [-0.1, -0.05) is 267 Å². The van der Waals surface area contributed by atoms with Crippen LogP contribution in [-0.2, 0) is 0 Å². The molecule has 24 rings (SSSR count). The SMILES string of the molecule is c1ccc(-c2ccc(-c3cc(-n4c5ccccc5c5cc6c7ccccc7n(-c7ccccc7)c6cc54)nc(-c4cccc5c4oc4ccccc45)n3)cc2)cc1.c1ccc(-c2cccc(-c3nc(-c4ccc5c(c4)oc4ccccc45)cc(-n4c5ccccc5c5cc6c7ccccc7n(-c7ccccc7)c6cc54)n3)c2)cc1. The third-order valence-corrected chi connectivity index (χ3v) is 22.7. The number of nitrogens with zero attached hydrogens (tertiary/aromatic N) is 8. The third-order valence-electron chi connectivity index (χ3n) is 22.7. The van der Waals surface area contributed by atoms with Crippen molar-refractivity contribution >= 4 is 131 Å². The van der Waals surface area contributed by atoms with Gasteiger partial charge in [-0.3, -0.25) is 9.13 Å². The number of hydrogen-bond donors (Lipinski definition) is 0. The summed E-state index contributed by atoms with van der Waals surface area (Å²) in [5, 5.41) is 13.8. The topological polar surface area (TPSA) is 97.6 Å². The van der Waals surface area contributed by atoms with Crippen LogP contribution in [0.15, 0.2) is 397 Å². The number of hydrogen-bond acceptors (Lipinski definition) is 6. The molecule has 532 valence electrons. The van der Waals surface area contributed by atoms with Crippen molar-refractivity contribution in [2.75, 3.05) is 0 Å². The Hall–Kier alpha value is -15.5. The molecule has 0 radical (unpaired) electrons. The fourth-order valence-corrected chi connectivity index (χ4v) is 17.5. The van der Waals surface area contributed by atoms with E-state index >= 15 is 0 Å². The van der Waals surface area contributed by atoms with E-state index in [0.29, 0.717) is 11.6 Å². The van der Waals surface area contributed by atoms with Crippen molar-refractivity contribution in [1.29, 1.82) is 0 Å². The van der Waals surface area contributed by atoms with Gasteiger partial charge in [-0.05, 0) is 131 Å². The summed E-state index contributed by atoms with van der Waals surface area (Å²) in [6.07, 6.45) is 0. The molecule has 0 saturated carbocycles. The Morgan fingerprint density at radius 1 is 0.184 bits per heavy atom. The lowest BCUT2D eigenvalue weighted by molar-refractivity contribution is 0.669. The first kappa shape index (κ1) is 64.5. The van der Waals surface area contributed by atoms with Gasteiger partial charge < -0.3 is 18.0 Å². The summed E-state index contributed by atoms with van der Waals surface area (Å²) in [6.45, 7) is 0. The highest BCUT2D eigenvalue weighted by atomic mass is 16.3. The van der Waals surface area contributed by atoms with Gasteiger partial charge in [0.25, 0.3) is 0 Å². The summed E-state index contributed by atoms with van der Waals surface area (Å²) in [5.41, 5.74) is 24.5. The summed E-state index contributed by atoms with van der Waals surface area (Å²) in [7, 11) is 0. The van der Waals surface area contributed by atoms with Crippen molar-refractivity contribution < 1.29 is 8.83 Å². The van der Waals surface area contributed by atoms with Crippen LogP contribution in [0.25, 0.3) is 222 Å². The number of rotatable bonds is 10. The van der Waals surface area contributed by atoms with E-state index < -0.39 is 0 Å². The number of aromatic nitrogens is 8. The van der Waals surface area contributed by atoms with Gasteiger partial charge in [-0.15, -0.1) is 0 Å². The van der Waals surface area contributed by atoms with Crippen LogP contribution in [-0.4, -0.2) is 38.2 Å². The molecule has 0 bridgehead atoms. The smallest absolute Gasteiger partial charge is 0.165 e. The average molecular weight is 1460 g/mol. The monoisotopic (exact) mass is 1460 g/mol. The molecule has 114 heavy (non-hydrogen) atoms. The molecule has 24 aromatic rings. The van der Waals surface area contributed by atoms with Gasteiger partial charge in [0, 0.05) is 105 Å². The number of furan rings is 2. The standard InChI is InChI=1S/2C52H32N4O/c1-3-14-33(15-4-1)34-16-13-17-36(28-34)52-53-44(35-26-27-41-40-22-9-12-25-49(40)57-50(41)29-35)31-51(54-52)56-46-24-11-8-21-39(46)43-30-42-38-20-7-10-23-45(38)55(47(42)32-48(43)56)37-18-5-2-6-19-37;1-3-14-33(15-4-1)34-26-28-35(29-27-34)44-31-50(54-52(53-44)41-22-13-21-40-39-20-9-12-25-49(39)57-51(40)41)56-46-24-11-8-19-38(46)43-30-42-37-18-7-10-23-45(37)55(47(42)32-48(43)56)36-16-5-2-6-17-36/h2*1-32H. The summed E-state index contributed by atoms with van der Waals surface area (Å²) in [5.74, 6) is 2.82. The van der Waals surface area contributed by atoms with E-state index in [1.165, 1.54) is 59.7 Å². The highest BCUT2D eigenvalue weighted by Crippen LogP contribution is 2.45. The maximum atomic E-state index is 6.56. The Bertz CT molecular complexity index is 7970. The maximum absolute atomic E-state index is 6.56. The molecular formula is C104H64N8O2. The number of fused-ring (bicyclic) bond motifs is 18. The van der Waals surface area contributed by atoms with E-state index in [-0.39, 0.29) is 0 Å². The van der Waals surface area contributed by atoms with E-state index in [0.717, 1.165) is 150 Å². The lowest BCUT2D eigenvalue weighted by Crippen LogP contribution is -2.03. The van der Waals surface area contributed by atoms with Crippen LogP contribution in [0.4, 0.5) is 0 Å². The molecule has 0 atom stereocenters. The lowest BCUT2D eigenvalue weighted by atomic mass is 10.0. The third kappa shape index (κ3) is 10.5. The molecule has 8 aromatic heterocycles. The average Bonchev–Trinajstić information content (AvgIpc) is 1.56. The van der Waals surface area contributed by atoms with Crippen LogP contribution < -0.4 is 0 Å². The molecule has 0 spiro atoms. The molecular weight excluding hydrogens is 1390 g/mol. The van der Waals surface area contributed by atoms with Gasteiger partial charge in [0.1, 0.15) is 34.0 Å². The van der Waals surface area contributed by atoms with E-state index in [1.54, 1.807) is 0 Å². The van der Waals surface area contributed by atoms with E-state index in [4.69, 9.17) is 28.8 Å². The van der Waals surface area contributed by atoms with Crippen molar-refractivity contribution in [3.8, 4) is 90.6 Å². The molecule has 8 heterocycles. The fraction of sp³-hybridized carbons (Fsp3) is 0. The second-order valence-electron chi connectivity index (χ2n) is 29.2. The van der Waals surface area contributed by atoms with Gasteiger partial charge in [0.15, 0.2) is 11.6 Å². The second kappa shape index (κ2) is 26.1. The Morgan fingerprint density at radius 3 is 1.11 bits per heavy atom. The first-order chi connectivity index (χ1) is 56.5. The normalized spacial score (nSPS) is 11.9. The van der Waals surface area contributed by atoms with E-state index in [2.05, 4.69) is 370 Å². The van der Waals surface area contributed by atoms with Crippen LogP contribution in [0, 0.1) is 0 Å². The summed E-state index contributed by atoms with van der Waals surface area (Å²) >= 11 is 0. The predicted molar refractivity (Wildman–Crippen MR) is 469 cm³/mol. The molecule has 0 aliphatic rings. The fourth-order valence-electron chi connectivity index (χ4n) is 17.5. The minimum atomic E-state index is 0.602. The summed E-state index contributed by atoms with van der Waals surface area (Å²) < 4.78 is 22.3. The zero-order valence-corrected chi connectivity index (χ0v) is 61.3. The molecule has 10 nitrogen and oxygen atoms in total. The molecule has 0 unspecified atom stereocenters. The number of benzene rings is 16. The second-order valence-corrected chi connectivity index (χ2v) is 29.2. The maximum Gasteiger partial charge on any atom is 0.165 e. The van der Waals surface area contributed by atoms with Gasteiger partial charge in [-0.2, -0.15) is 0 Å². The molecule has 0 N–H and O–H groups in total. The van der Waals surface area contributed by atoms with Crippen LogP contribution in [0.2, 0.25) is 0 Å². The van der Waals surface area contributed by atoms with Crippen LogP contribution >= 0.6 is 0 Å². The quantitative estimate of drug-likeness (QED) is 0.135. The first-order valence-corrected chi connectivity index (χ1v) is 38.5. The van der Waals surface area contributed by atoms with Crippen molar-refractivity contribution in [2.45, 2.75) is 0 Å². The zero-order chi connectivity index (χ0) is 74.9. The Kier molecular flexibility index (Phi) is 14.8. The predicted octanol–water partition coefficient (Wildman–Crippen LogP) is 27.1. The lowest BCUT2D eigenvalue weighted by Gasteiger charge is -2.13. The van der Waals surface area contributed by atoms with Gasteiger partial charge in [-0.25, -0.2) is 19.9 Å². The molecule has 16 aromatic carbocycles. The highest BCUT2D eigenvalue weighted by molar-refractivity contribution is 6.21. The minimum absolute atomic E-state index is 0.602. The molecule has 0 amide bonds. The van der Waals surface area contributed by atoms with Crippen molar-refractivity contribution in [3.05, 3.63) is 388 Å². The highest BCUT2D eigenvalue weighted by Gasteiger charge is 2.25. The van der Waals surface area contributed by atoms with Crippen molar-refractivity contribution in [1.82, 2.24) is 38.2 Å².